The lowest BCUT2D eigenvalue weighted by Crippen LogP contribution is -2.07. The molecule has 1 aliphatic rings. The zero-order valence-electron chi connectivity index (χ0n) is 11.7. The lowest BCUT2D eigenvalue weighted by molar-refractivity contribution is 0.117. The molecule has 108 valence electrons. The Bertz CT molecular complexity index is 847. The van der Waals surface area contributed by atoms with E-state index in [-0.39, 0.29) is 0 Å². The quantitative estimate of drug-likeness (QED) is 0.577. The summed E-state index contributed by atoms with van der Waals surface area (Å²) in [5, 5.41) is 1.13. The predicted molar refractivity (Wildman–Crippen MR) is 86.0 cm³/mol. The van der Waals surface area contributed by atoms with Crippen molar-refractivity contribution in [3.63, 3.8) is 0 Å². The average molecular weight is 299 g/mol. The second-order valence-corrected chi connectivity index (χ2v) is 6.02. The monoisotopic (exact) mass is 299 g/mol. The van der Waals surface area contributed by atoms with Gasteiger partial charge in [-0.3, -0.25) is 4.98 Å². The number of aromatic nitrogens is 3. The van der Waals surface area contributed by atoms with Crippen LogP contribution in [-0.2, 0) is 11.3 Å². The van der Waals surface area contributed by atoms with Crippen molar-refractivity contribution in [2.45, 2.75) is 19.4 Å². The van der Waals surface area contributed by atoms with Gasteiger partial charge < -0.3 is 14.3 Å². The molecule has 0 unspecified atom stereocenters. The van der Waals surface area contributed by atoms with Crippen LogP contribution in [0.1, 0.15) is 12.8 Å². The molecule has 2 aromatic heterocycles. The molecule has 0 aliphatic heterocycles. The smallest absolute Gasteiger partial charge is 0.178 e. The van der Waals surface area contributed by atoms with E-state index in [0.717, 1.165) is 45.8 Å². The van der Waals surface area contributed by atoms with Gasteiger partial charge in [0.05, 0.1) is 29.4 Å². The number of para-hydroxylation sites is 1. The van der Waals surface area contributed by atoms with Gasteiger partial charge in [0, 0.05) is 18.5 Å². The molecule has 2 heterocycles. The second kappa shape index (κ2) is 5.24. The van der Waals surface area contributed by atoms with Crippen molar-refractivity contribution in [3.8, 4) is 0 Å². The fraction of sp³-hybridized carbons (Fsp3) is 0.375. The molecule has 1 aliphatic carbocycles. The van der Waals surface area contributed by atoms with E-state index in [1.54, 1.807) is 0 Å². The molecule has 0 spiro atoms. The van der Waals surface area contributed by atoms with Gasteiger partial charge in [0.1, 0.15) is 0 Å². The summed E-state index contributed by atoms with van der Waals surface area (Å²) in [5.74, 6) is 0.797. The number of hydrogen-bond acceptors (Lipinski definition) is 3. The molecule has 5 heteroatoms. The number of pyridine rings is 1. The van der Waals surface area contributed by atoms with E-state index in [2.05, 4.69) is 20.6 Å². The van der Waals surface area contributed by atoms with E-state index in [4.69, 9.17) is 17.0 Å². The highest BCUT2D eigenvalue weighted by atomic mass is 32.1. The van der Waals surface area contributed by atoms with Crippen LogP contribution < -0.4 is 0 Å². The molecule has 1 aromatic carbocycles. The first-order chi connectivity index (χ1) is 10.3. The highest BCUT2D eigenvalue weighted by Crippen LogP contribution is 2.29. The molecule has 0 amide bonds. The molecule has 3 aromatic rings. The van der Waals surface area contributed by atoms with Crippen LogP contribution in [0.5, 0.6) is 0 Å². The van der Waals surface area contributed by atoms with E-state index in [1.807, 2.05) is 24.4 Å². The number of benzene rings is 1. The number of H-pyrrole nitrogens is 1. The van der Waals surface area contributed by atoms with Gasteiger partial charge in [-0.05, 0) is 37.0 Å². The number of aromatic amines is 1. The van der Waals surface area contributed by atoms with Crippen LogP contribution in [0.25, 0.3) is 21.9 Å². The van der Waals surface area contributed by atoms with E-state index in [0.29, 0.717) is 6.61 Å². The Morgan fingerprint density at radius 3 is 3.05 bits per heavy atom. The second-order valence-electron chi connectivity index (χ2n) is 5.64. The van der Waals surface area contributed by atoms with Crippen molar-refractivity contribution < 1.29 is 4.74 Å². The molecule has 21 heavy (non-hydrogen) atoms. The lowest BCUT2D eigenvalue weighted by atomic mass is 10.2. The SMILES string of the molecule is S=c1[nH]c2cnc3ccccc3c2n1CCOCC1CC1. The van der Waals surface area contributed by atoms with Crippen molar-refractivity contribution in [1.29, 1.82) is 0 Å². The highest BCUT2D eigenvalue weighted by Gasteiger charge is 2.21. The Morgan fingerprint density at radius 1 is 1.33 bits per heavy atom. The van der Waals surface area contributed by atoms with Gasteiger partial charge in [-0.15, -0.1) is 0 Å². The Hall–Kier alpha value is -1.72. The highest BCUT2D eigenvalue weighted by molar-refractivity contribution is 7.71. The van der Waals surface area contributed by atoms with Crippen molar-refractivity contribution in [3.05, 3.63) is 35.2 Å². The zero-order valence-corrected chi connectivity index (χ0v) is 12.5. The molecule has 0 saturated heterocycles. The number of nitrogens with zero attached hydrogens (tertiary/aromatic N) is 2. The Morgan fingerprint density at radius 2 is 2.19 bits per heavy atom. The van der Waals surface area contributed by atoms with E-state index in [9.17, 15) is 0 Å². The molecular weight excluding hydrogens is 282 g/mol. The van der Waals surface area contributed by atoms with Gasteiger partial charge in [0.15, 0.2) is 4.77 Å². The minimum atomic E-state index is 0.703. The van der Waals surface area contributed by atoms with Gasteiger partial charge in [-0.1, -0.05) is 18.2 Å². The van der Waals surface area contributed by atoms with E-state index < -0.39 is 0 Å². The Kier molecular flexibility index (Phi) is 3.24. The summed E-state index contributed by atoms with van der Waals surface area (Å²) < 4.78 is 8.61. The van der Waals surface area contributed by atoms with Crippen molar-refractivity contribution in [2.24, 2.45) is 5.92 Å². The van der Waals surface area contributed by atoms with Crippen molar-refractivity contribution in [2.75, 3.05) is 13.2 Å². The number of hydrogen-bond donors (Lipinski definition) is 1. The number of imidazole rings is 1. The topological polar surface area (TPSA) is 42.8 Å². The third kappa shape index (κ3) is 2.47. The van der Waals surface area contributed by atoms with Crippen LogP contribution >= 0.6 is 12.2 Å². The third-order valence-electron chi connectivity index (χ3n) is 4.01. The van der Waals surface area contributed by atoms with Gasteiger partial charge in [-0.25, -0.2) is 0 Å². The molecule has 4 rings (SSSR count). The van der Waals surface area contributed by atoms with Gasteiger partial charge in [0.25, 0.3) is 0 Å². The summed E-state index contributed by atoms with van der Waals surface area (Å²) in [4.78, 5) is 7.71. The fourth-order valence-corrected chi connectivity index (χ4v) is 2.99. The van der Waals surface area contributed by atoms with Crippen LogP contribution in [0.15, 0.2) is 30.5 Å². The molecular formula is C16H17N3OS. The lowest BCUT2D eigenvalue weighted by Gasteiger charge is -2.07. The zero-order chi connectivity index (χ0) is 14.2. The van der Waals surface area contributed by atoms with Gasteiger partial charge in [-0.2, -0.15) is 0 Å². The van der Waals surface area contributed by atoms with Gasteiger partial charge >= 0.3 is 0 Å². The summed E-state index contributed by atoms with van der Waals surface area (Å²) in [5.41, 5.74) is 3.10. The summed E-state index contributed by atoms with van der Waals surface area (Å²) >= 11 is 5.45. The maximum absolute atomic E-state index is 5.75. The first-order valence-electron chi connectivity index (χ1n) is 7.37. The number of rotatable bonds is 5. The van der Waals surface area contributed by atoms with Crippen molar-refractivity contribution in [1.82, 2.24) is 14.5 Å². The molecule has 0 atom stereocenters. The van der Waals surface area contributed by atoms with E-state index in [1.165, 1.54) is 12.8 Å². The largest absolute Gasteiger partial charge is 0.379 e. The molecule has 1 saturated carbocycles. The summed E-state index contributed by atoms with van der Waals surface area (Å²) in [6, 6.07) is 8.16. The summed E-state index contributed by atoms with van der Waals surface area (Å²) in [6.07, 6.45) is 4.50. The minimum Gasteiger partial charge on any atom is -0.379 e. The number of nitrogens with one attached hydrogen (secondary N) is 1. The van der Waals surface area contributed by atoms with Gasteiger partial charge in [0.2, 0.25) is 0 Å². The summed E-state index contributed by atoms with van der Waals surface area (Å²) in [6.45, 7) is 2.37. The number of fused-ring (bicyclic) bond motifs is 3. The van der Waals surface area contributed by atoms with Crippen LogP contribution in [0.4, 0.5) is 0 Å². The fourth-order valence-electron chi connectivity index (χ4n) is 2.70. The maximum atomic E-state index is 5.75. The summed E-state index contributed by atoms with van der Waals surface area (Å²) in [7, 11) is 0. The Balaban J connectivity index is 1.70. The normalized spacial score (nSPS) is 15.0. The molecule has 1 fully saturated rings. The predicted octanol–water partition coefficient (Wildman–Crippen LogP) is 3.67. The van der Waals surface area contributed by atoms with Crippen molar-refractivity contribution >= 4 is 34.2 Å². The first kappa shape index (κ1) is 13.0. The molecule has 0 bridgehead atoms. The molecule has 4 nitrogen and oxygen atoms in total. The maximum Gasteiger partial charge on any atom is 0.178 e. The van der Waals surface area contributed by atoms with Crippen LogP contribution in [0.3, 0.4) is 0 Å². The molecule has 0 radical (unpaired) electrons. The standard InChI is InChI=1S/C16H17N3OS/c21-16-18-14-9-17-13-4-2-1-3-12(13)15(14)19(16)7-8-20-10-11-5-6-11/h1-4,9,11H,5-8,10H2,(H,18,21). The van der Waals surface area contributed by atoms with Crippen LogP contribution in [-0.4, -0.2) is 27.7 Å². The first-order valence-corrected chi connectivity index (χ1v) is 7.78. The minimum absolute atomic E-state index is 0.703. The third-order valence-corrected chi connectivity index (χ3v) is 4.34. The van der Waals surface area contributed by atoms with Crippen LogP contribution in [0, 0.1) is 10.7 Å². The number of ether oxygens (including phenoxy) is 1. The molecule has 1 N–H and O–H groups in total. The van der Waals surface area contributed by atoms with Crippen LogP contribution in [0.2, 0.25) is 0 Å². The van der Waals surface area contributed by atoms with E-state index >= 15 is 0 Å². The Labute approximate surface area is 127 Å². The average Bonchev–Trinajstić information content (AvgIpc) is 3.27.